The Morgan fingerprint density at radius 1 is 1.44 bits per heavy atom. The largest absolute Gasteiger partial charge is 0.478 e. The van der Waals surface area contributed by atoms with Crippen LogP contribution in [0, 0.1) is 5.92 Å². The van der Waals surface area contributed by atoms with E-state index in [-0.39, 0.29) is 17.2 Å². The summed E-state index contributed by atoms with van der Waals surface area (Å²) in [7, 11) is 0. The molecule has 86 valence electrons. The first-order valence-corrected chi connectivity index (χ1v) is 5.55. The van der Waals surface area contributed by atoms with Crippen LogP contribution in [0.25, 0.3) is 0 Å². The predicted molar refractivity (Wildman–Crippen MR) is 59.7 cm³/mol. The third kappa shape index (κ3) is 1.87. The quantitative estimate of drug-likeness (QED) is 0.829. The summed E-state index contributed by atoms with van der Waals surface area (Å²) in [6.07, 6.45) is 4.64. The Morgan fingerprint density at radius 3 is 2.75 bits per heavy atom. The average Bonchev–Trinajstić information content (AvgIpc) is 2.65. The molecule has 1 heterocycles. The van der Waals surface area contributed by atoms with E-state index < -0.39 is 5.97 Å². The fourth-order valence-corrected chi connectivity index (χ4v) is 2.43. The van der Waals surface area contributed by atoms with E-state index in [1.54, 1.807) is 4.57 Å². The van der Waals surface area contributed by atoms with Gasteiger partial charge in [-0.05, 0) is 24.8 Å². The van der Waals surface area contributed by atoms with Crippen LogP contribution in [0.3, 0.4) is 0 Å². The zero-order valence-corrected chi connectivity index (χ0v) is 9.22. The smallest absolute Gasteiger partial charge is 0.337 e. The van der Waals surface area contributed by atoms with Crippen LogP contribution >= 0.6 is 0 Å². The number of hydrogen-bond donors (Lipinski definition) is 1. The molecular weight excluding hydrogens is 206 g/mol. The maximum atomic E-state index is 11.7. The predicted octanol–water partition coefficient (Wildman–Crippen LogP) is 1.91. The third-order valence-electron chi connectivity index (χ3n) is 3.36. The van der Waals surface area contributed by atoms with E-state index >= 15 is 0 Å². The van der Waals surface area contributed by atoms with Crippen LogP contribution in [0.2, 0.25) is 0 Å². The van der Waals surface area contributed by atoms with Gasteiger partial charge in [-0.3, -0.25) is 4.79 Å². The van der Waals surface area contributed by atoms with E-state index in [9.17, 15) is 9.59 Å². The highest BCUT2D eigenvalue weighted by Gasteiger charge is 2.25. The lowest BCUT2D eigenvalue weighted by Crippen LogP contribution is -2.26. The van der Waals surface area contributed by atoms with Gasteiger partial charge in [0.2, 0.25) is 0 Å². The average molecular weight is 221 g/mol. The van der Waals surface area contributed by atoms with Crippen LogP contribution < -0.4 is 5.56 Å². The lowest BCUT2D eigenvalue weighted by atomic mass is 10.1. The Hall–Kier alpha value is -1.58. The van der Waals surface area contributed by atoms with E-state index in [1.165, 1.54) is 18.3 Å². The lowest BCUT2D eigenvalue weighted by molar-refractivity contribution is 0.0695. The normalized spacial score (nSPS) is 24.6. The van der Waals surface area contributed by atoms with Crippen LogP contribution in [0.5, 0.6) is 0 Å². The summed E-state index contributed by atoms with van der Waals surface area (Å²) in [5.74, 6) is -0.541. The van der Waals surface area contributed by atoms with Crippen molar-refractivity contribution in [2.24, 2.45) is 5.92 Å². The summed E-state index contributed by atoms with van der Waals surface area (Å²) in [5, 5.41) is 8.89. The molecule has 2 rings (SSSR count). The van der Waals surface area contributed by atoms with Gasteiger partial charge < -0.3 is 9.67 Å². The molecule has 1 saturated carbocycles. The van der Waals surface area contributed by atoms with Crippen LogP contribution in [-0.4, -0.2) is 15.6 Å². The van der Waals surface area contributed by atoms with Gasteiger partial charge in [0.25, 0.3) is 5.56 Å². The minimum atomic E-state index is -0.987. The Morgan fingerprint density at radius 2 is 2.19 bits per heavy atom. The van der Waals surface area contributed by atoms with Crippen molar-refractivity contribution in [3.63, 3.8) is 0 Å². The van der Waals surface area contributed by atoms with E-state index in [2.05, 4.69) is 6.92 Å². The first-order chi connectivity index (χ1) is 7.59. The molecule has 4 heteroatoms. The molecule has 1 aliphatic rings. The molecule has 2 atom stereocenters. The number of rotatable bonds is 2. The summed E-state index contributed by atoms with van der Waals surface area (Å²) in [4.78, 5) is 22.5. The topological polar surface area (TPSA) is 59.3 Å². The van der Waals surface area contributed by atoms with Crippen LogP contribution in [0.4, 0.5) is 0 Å². The van der Waals surface area contributed by atoms with Crippen molar-refractivity contribution in [2.45, 2.75) is 32.2 Å². The Bertz CT molecular complexity index is 464. The molecule has 1 aromatic heterocycles. The molecule has 1 aliphatic carbocycles. The van der Waals surface area contributed by atoms with Crippen molar-refractivity contribution < 1.29 is 9.90 Å². The molecule has 1 aromatic rings. The molecular formula is C12H15NO3. The molecule has 1 fully saturated rings. The summed E-state index contributed by atoms with van der Waals surface area (Å²) in [6, 6.07) is 2.86. The number of aromatic carboxylic acids is 1. The molecule has 0 spiro atoms. The highest BCUT2D eigenvalue weighted by Crippen LogP contribution is 2.34. The minimum absolute atomic E-state index is 0.108. The lowest BCUT2D eigenvalue weighted by Gasteiger charge is -2.18. The van der Waals surface area contributed by atoms with Crippen molar-refractivity contribution in [3.8, 4) is 0 Å². The number of carboxylic acid groups (broad SMARTS) is 1. The number of nitrogens with zero attached hydrogens (tertiary/aromatic N) is 1. The number of carboxylic acids is 1. The van der Waals surface area contributed by atoms with Crippen LogP contribution in [0.1, 0.15) is 42.6 Å². The monoisotopic (exact) mass is 221 g/mol. The molecule has 0 amide bonds. The summed E-state index contributed by atoms with van der Waals surface area (Å²) in [6.45, 7) is 2.11. The van der Waals surface area contributed by atoms with Gasteiger partial charge in [0.15, 0.2) is 0 Å². The van der Waals surface area contributed by atoms with Gasteiger partial charge in [0.05, 0.1) is 5.56 Å². The molecule has 1 N–H and O–H groups in total. The maximum Gasteiger partial charge on any atom is 0.337 e. The summed E-state index contributed by atoms with van der Waals surface area (Å²) < 4.78 is 1.58. The zero-order chi connectivity index (χ0) is 11.7. The Labute approximate surface area is 93.5 Å². The summed E-state index contributed by atoms with van der Waals surface area (Å²) in [5.41, 5.74) is 0.0717. The fraction of sp³-hybridized carbons (Fsp3) is 0.500. The van der Waals surface area contributed by atoms with Gasteiger partial charge >= 0.3 is 5.97 Å². The Kier molecular flexibility index (Phi) is 2.81. The van der Waals surface area contributed by atoms with Crippen molar-refractivity contribution in [3.05, 3.63) is 34.2 Å². The molecule has 0 bridgehead atoms. The second kappa shape index (κ2) is 4.12. The number of pyridine rings is 1. The van der Waals surface area contributed by atoms with Crippen molar-refractivity contribution in [1.29, 1.82) is 0 Å². The van der Waals surface area contributed by atoms with Crippen molar-refractivity contribution in [1.82, 2.24) is 4.57 Å². The molecule has 0 aromatic carbocycles. The maximum absolute atomic E-state index is 11.7. The number of carbonyl (C=O) groups is 1. The van der Waals surface area contributed by atoms with Gasteiger partial charge in [-0.15, -0.1) is 0 Å². The summed E-state index contributed by atoms with van der Waals surface area (Å²) >= 11 is 0. The highest BCUT2D eigenvalue weighted by molar-refractivity contribution is 5.87. The molecule has 16 heavy (non-hydrogen) atoms. The molecule has 0 radical (unpaired) electrons. The van der Waals surface area contributed by atoms with E-state index in [0.29, 0.717) is 5.92 Å². The van der Waals surface area contributed by atoms with E-state index in [1.807, 2.05) is 0 Å². The van der Waals surface area contributed by atoms with E-state index in [0.717, 1.165) is 19.3 Å². The molecule has 4 nitrogen and oxygen atoms in total. The van der Waals surface area contributed by atoms with E-state index in [4.69, 9.17) is 5.11 Å². The van der Waals surface area contributed by atoms with Crippen LogP contribution in [-0.2, 0) is 0 Å². The molecule has 2 unspecified atom stereocenters. The van der Waals surface area contributed by atoms with Crippen LogP contribution in [0.15, 0.2) is 23.1 Å². The number of aromatic nitrogens is 1. The first kappa shape index (κ1) is 10.9. The van der Waals surface area contributed by atoms with Crippen molar-refractivity contribution >= 4 is 5.97 Å². The van der Waals surface area contributed by atoms with Gasteiger partial charge in [0, 0.05) is 18.3 Å². The minimum Gasteiger partial charge on any atom is -0.478 e. The molecule has 0 saturated heterocycles. The van der Waals surface area contributed by atoms with Gasteiger partial charge in [-0.25, -0.2) is 4.79 Å². The fourth-order valence-electron chi connectivity index (χ4n) is 2.43. The zero-order valence-electron chi connectivity index (χ0n) is 9.22. The van der Waals surface area contributed by atoms with Gasteiger partial charge in [0.1, 0.15) is 0 Å². The van der Waals surface area contributed by atoms with Gasteiger partial charge in [-0.2, -0.15) is 0 Å². The first-order valence-electron chi connectivity index (χ1n) is 5.55. The number of hydrogen-bond acceptors (Lipinski definition) is 2. The SMILES string of the molecule is CC1CCCC1n1cc(C(=O)O)ccc1=O. The third-order valence-corrected chi connectivity index (χ3v) is 3.36. The Balaban J connectivity index is 2.43. The highest BCUT2D eigenvalue weighted by atomic mass is 16.4. The molecule has 0 aliphatic heterocycles. The van der Waals surface area contributed by atoms with Gasteiger partial charge in [-0.1, -0.05) is 13.3 Å². The second-order valence-corrected chi connectivity index (χ2v) is 4.44. The van der Waals surface area contributed by atoms with Crippen molar-refractivity contribution in [2.75, 3.05) is 0 Å². The second-order valence-electron chi connectivity index (χ2n) is 4.44. The standard InChI is InChI=1S/C12H15NO3/c1-8-3-2-4-10(8)13-7-9(12(15)16)5-6-11(13)14/h5-8,10H,2-4H2,1H3,(H,15,16).